The second-order valence-electron chi connectivity index (χ2n) is 7.48. The predicted molar refractivity (Wildman–Crippen MR) is 107 cm³/mol. The van der Waals surface area contributed by atoms with Crippen LogP contribution in [0, 0.1) is 0 Å². The van der Waals surface area contributed by atoms with Crippen LogP contribution in [-0.4, -0.2) is 83.9 Å². The van der Waals surface area contributed by atoms with Crippen LogP contribution >= 0.6 is 0 Å². The second kappa shape index (κ2) is 8.42. The molecule has 176 valence electrons. The number of aliphatic hydroxyl groups excluding tert-OH is 4. The number of benzene rings is 2. The first-order valence-electron chi connectivity index (χ1n) is 9.64. The molecule has 2 heterocycles. The van der Waals surface area contributed by atoms with Gasteiger partial charge in [0.15, 0.2) is 23.0 Å². The first-order valence-corrected chi connectivity index (χ1v) is 9.64. The zero-order valence-electron chi connectivity index (χ0n) is 16.7. The molecule has 0 unspecified atom stereocenters. The number of phenolic OH excluding ortho intramolecular Hbond substituents is 4. The summed E-state index contributed by atoms with van der Waals surface area (Å²) in [6.07, 6.45) is -6.79. The van der Waals surface area contributed by atoms with E-state index in [4.69, 9.17) is 14.2 Å². The van der Waals surface area contributed by atoms with Crippen molar-refractivity contribution in [3.05, 3.63) is 41.2 Å². The van der Waals surface area contributed by atoms with Gasteiger partial charge in [0.25, 0.3) is 0 Å². The van der Waals surface area contributed by atoms with Gasteiger partial charge in [0.1, 0.15) is 47.2 Å². The maximum Gasteiger partial charge on any atom is 0.235 e. The molecule has 0 radical (unpaired) electrons. The van der Waals surface area contributed by atoms with Crippen LogP contribution in [0.15, 0.2) is 30.0 Å². The van der Waals surface area contributed by atoms with Gasteiger partial charge in [-0.15, -0.1) is 0 Å². The minimum Gasteiger partial charge on any atom is -0.508 e. The van der Waals surface area contributed by atoms with Crippen LogP contribution < -0.4 is 9.47 Å². The molecular formula is C21H20O12. The summed E-state index contributed by atoms with van der Waals surface area (Å²) >= 11 is 0. The standard InChI is InChI=1S/C21H20O12/c22-6-14-18(28)19(29)20(30)21(33-14)32-12-5-8(23)4-11-15(12)17(27)13(31-11)3-7-1-9(24)16(26)10(25)2-7/h1-5,14,18-26,28-30H,6H2/b13-3-/t14-,18-,19+,20-,21-/m1/s1. The Bertz CT molecular complexity index is 1100. The summed E-state index contributed by atoms with van der Waals surface area (Å²) in [6.45, 7) is -0.690. The average Bonchev–Trinajstić information content (AvgIpc) is 3.07. The largest absolute Gasteiger partial charge is 0.508 e. The Labute approximate surface area is 185 Å². The Morgan fingerprint density at radius 3 is 2.24 bits per heavy atom. The number of hydrogen-bond donors (Lipinski definition) is 8. The number of rotatable bonds is 4. The molecule has 8 N–H and O–H groups in total. The first-order chi connectivity index (χ1) is 15.6. The quantitative estimate of drug-likeness (QED) is 0.209. The van der Waals surface area contributed by atoms with Gasteiger partial charge in [-0.05, 0) is 23.8 Å². The van der Waals surface area contributed by atoms with Crippen LogP contribution in [0.4, 0.5) is 0 Å². The molecule has 1 saturated heterocycles. The fourth-order valence-corrected chi connectivity index (χ4v) is 3.51. The van der Waals surface area contributed by atoms with Crippen LogP contribution in [0.2, 0.25) is 0 Å². The topological polar surface area (TPSA) is 207 Å². The molecule has 12 heteroatoms. The van der Waals surface area contributed by atoms with Gasteiger partial charge in [0.2, 0.25) is 12.1 Å². The number of carbonyl (C=O) groups excluding carboxylic acids is 1. The molecule has 33 heavy (non-hydrogen) atoms. The number of allylic oxidation sites excluding steroid dienone is 1. The number of phenols is 4. The highest BCUT2D eigenvalue weighted by molar-refractivity contribution is 6.16. The van der Waals surface area contributed by atoms with E-state index < -0.39 is 60.3 Å². The molecule has 5 atom stereocenters. The molecule has 0 spiro atoms. The predicted octanol–water partition coefficient (Wildman–Crippen LogP) is -0.696. The molecular weight excluding hydrogens is 444 g/mol. The summed E-state index contributed by atoms with van der Waals surface area (Å²) in [7, 11) is 0. The minimum absolute atomic E-state index is 0.111. The van der Waals surface area contributed by atoms with Gasteiger partial charge in [-0.1, -0.05) is 0 Å². The summed E-state index contributed by atoms with van der Waals surface area (Å²) < 4.78 is 16.2. The lowest BCUT2D eigenvalue weighted by atomic mass is 9.99. The van der Waals surface area contributed by atoms with Crippen LogP contribution in [0.5, 0.6) is 34.5 Å². The lowest BCUT2D eigenvalue weighted by molar-refractivity contribution is -0.277. The van der Waals surface area contributed by atoms with Crippen molar-refractivity contribution in [3.8, 4) is 34.5 Å². The van der Waals surface area contributed by atoms with E-state index in [2.05, 4.69) is 0 Å². The minimum atomic E-state index is -1.75. The van der Waals surface area contributed by atoms with E-state index in [1.165, 1.54) is 0 Å². The third-order valence-corrected chi connectivity index (χ3v) is 5.20. The number of ketones is 1. The van der Waals surface area contributed by atoms with Crippen molar-refractivity contribution in [1.29, 1.82) is 0 Å². The Morgan fingerprint density at radius 1 is 0.939 bits per heavy atom. The highest BCUT2D eigenvalue weighted by Crippen LogP contribution is 2.43. The SMILES string of the molecule is O=C1/C(=C/c2cc(O)c(O)c(O)c2)Oc2cc(O)cc(O[C@@H]3O[C@H](CO)[C@@H](O)[C@H](O)[C@H]3O)c21. The Balaban J connectivity index is 1.66. The number of hydrogen-bond acceptors (Lipinski definition) is 12. The maximum atomic E-state index is 13.0. The van der Waals surface area contributed by atoms with Crippen molar-refractivity contribution >= 4 is 11.9 Å². The number of carbonyl (C=O) groups is 1. The van der Waals surface area contributed by atoms with E-state index in [-0.39, 0.29) is 34.1 Å². The number of ether oxygens (including phenoxy) is 3. The average molecular weight is 464 g/mol. The molecule has 12 nitrogen and oxygen atoms in total. The van der Waals surface area contributed by atoms with E-state index >= 15 is 0 Å². The molecule has 2 aromatic carbocycles. The number of Topliss-reactive ketones (excluding diaryl/α,β-unsaturated/α-hetero) is 1. The molecule has 2 aliphatic heterocycles. The number of fused-ring (bicyclic) bond motifs is 1. The molecule has 0 amide bonds. The van der Waals surface area contributed by atoms with E-state index in [9.17, 15) is 45.6 Å². The molecule has 0 bridgehead atoms. The van der Waals surface area contributed by atoms with E-state index in [0.717, 1.165) is 30.3 Å². The first kappa shape index (κ1) is 22.6. The third-order valence-electron chi connectivity index (χ3n) is 5.20. The zero-order valence-corrected chi connectivity index (χ0v) is 16.7. The van der Waals surface area contributed by atoms with Crippen LogP contribution in [0.25, 0.3) is 6.08 Å². The van der Waals surface area contributed by atoms with Gasteiger partial charge in [0.05, 0.1) is 6.61 Å². The lowest BCUT2D eigenvalue weighted by Crippen LogP contribution is -2.60. The third kappa shape index (κ3) is 4.01. The molecule has 2 aromatic rings. The van der Waals surface area contributed by atoms with Gasteiger partial charge in [-0.3, -0.25) is 4.79 Å². The van der Waals surface area contributed by atoms with Crippen molar-refractivity contribution < 1.29 is 59.9 Å². The van der Waals surface area contributed by atoms with Gasteiger partial charge in [-0.2, -0.15) is 0 Å². The van der Waals surface area contributed by atoms with Crippen LogP contribution in [-0.2, 0) is 4.74 Å². The van der Waals surface area contributed by atoms with Gasteiger partial charge in [-0.25, -0.2) is 0 Å². The normalized spacial score (nSPS) is 27.9. The second-order valence-corrected chi connectivity index (χ2v) is 7.48. The molecule has 0 saturated carbocycles. The molecule has 0 aliphatic carbocycles. The zero-order chi connectivity index (χ0) is 24.0. The van der Waals surface area contributed by atoms with E-state index in [1.54, 1.807) is 0 Å². The smallest absolute Gasteiger partial charge is 0.235 e. The Hall–Kier alpha value is -3.55. The molecule has 2 aliphatic rings. The van der Waals surface area contributed by atoms with Crippen molar-refractivity contribution in [2.24, 2.45) is 0 Å². The van der Waals surface area contributed by atoms with Crippen molar-refractivity contribution in [2.75, 3.05) is 6.61 Å². The molecule has 1 fully saturated rings. The van der Waals surface area contributed by atoms with Crippen molar-refractivity contribution in [2.45, 2.75) is 30.7 Å². The van der Waals surface area contributed by atoms with Crippen molar-refractivity contribution in [3.63, 3.8) is 0 Å². The van der Waals surface area contributed by atoms with Crippen molar-refractivity contribution in [1.82, 2.24) is 0 Å². The van der Waals surface area contributed by atoms with Gasteiger partial charge >= 0.3 is 0 Å². The lowest BCUT2D eigenvalue weighted by Gasteiger charge is -2.39. The summed E-state index contributed by atoms with van der Waals surface area (Å²) in [5.74, 6) is -3.77. The van der Waals surface area contributed by atoms with E-state index in [0.29, 0.717) is 0 Å². The maximum absolute atomic E-state index is 13.0. The monoisotopic (exact) mass is 464 g/mol. The van der Waals surface area contributed by atoms with Crippen LogP contribution in [0.1, 0.15) is 15.9 Å². The summed E-state index contributed by atoms with van der Waals surface area (Å²) in [4.78, 5) is 13.0. The van der Waals surface area contributed by atoms with Crippen LogP contribution in [0.3, 0.4) is 0 Å². The highest BCUT2D eigenvalue weighted by Gasteiger charge is 2.45. The van der Waals surface area contributed by atoms with E-state index in [1.807, 2.05) is 0 Å². The molecule has 0 aromatic heterocycles. The van der Waals surface area contributed by atoms with Gasteiger partial charge < -0.3 is 55.1 Å². The fraction of sp³-hybridized carbons (Fsp3) is 0.286. The van der Waals surface area contributed by atoms with Gasteiger partial charge in [0, 0.05) is 12.1 Å². The summed E-state index contributed by atoms with van der Waals surface area (Å²) in [6, 6.07) is 4.32. The number of aliphatic hydroxyl groups is 4. The summed E-state index contributed by atoms with van der Waals surface area (Å²) in [5.41, 5.74) is -0.0530. The Kier molecular flexibility index (Phi) is 5.78. The Morgan fingerprint density at radius 2 is 1.61 bits per heavy atom. The highest BCUT2D eigenvalue weighted by atomic mass is 16.7. The fourth-order valence-electron chi connectivity index (χ4n) is 3.51. The molecule has 4 rings (SSSR count). The number of aromatic hydroxyl groups is 4. The summed E-state index contributed by atoms with van der Waals surface area (Å²) in [5, 5.41) is 78.1.